The first-order chi connectivity index (χ1) is 16.0. The molecular weight excluding hydrogens is 497 g/mol. The highest BCUT2D eigenvalue weighted by Crippen LogP contribution is 2.37. The summed E-state index contributed by atoms with van der Waals surface area (Å²) >= 11 is 5.86. The van der Waals surface area contributed by atoms with Crippen molar-refractivity contribution in [3.8, 4) is 5.75 Å². The van der Waals surface area contributed by atoms with Crippen molar-refractivity contribution in [2.45, 2.75) is 31.1 Å². The Kier molecular flexibility index (Phi) is 6.94. The minimum absolute atomic E-state index is 0.0561. The number of ether oxygens (including phenoxy) is 2. The number of nitrogens with one attached hydrogen (secondary N) is 1. The fraction of sp³-hybridized carbons (Fsp3) is 0.389. The summed E-state index contributed by atoms with van der Waals surface area (Å²) in [6, 6.07) is 6.72. The van der Waals surface area contributed by atoms with Gasteiger partial charge in [0, 0.05) is 5.02 Å². The van der Waals surface area contributed by atoms with Gasteiger partial charge in [0.05, 0.1) is 6.61 Å². The lowest BCUT2D eigenvalue weighted by Crippen LogP contribution is -2.46. The van der Waals surface area contributed by atoms with Crippen LogP contribution in [-0.2, 0) is 20.4 Å². The van der Waals surface area contributed by atoms with E-state index in [1.165, 1.54) is 15.5 Å². The van der Waals surface area contributed by atoms with Gasteiger partial charge in [-0.3, -0.25) is 18.9 Å². The number of nitrogen functional groups attached to an aromatic ring is 1. The molecule has 3 aromatic rings. The molecule has 34 heavy (non-hydrogen) atoms. The molecule has 0 radical (unpaired) electrons. The molecule has 1 saturated heterocycles. The highest BCUT2D eigenvalue weighted by Gasteiger charge is 2.47. The molecule has 0 aliphatic carbocycles. The maximum atomic E-state index is 12.6. The van der Waals surface area contributed by atoms with Crippen LogP contribution in [0.2, 0.25) is 5.02 Å². The van der Waals surface area contributed by atoms with Crippen LogP contribution in [0, 0.1) is 0 Å². The third-order valence-electron chi connectivity index (χ3n) is 5.12. The van der Waals surface area contributed by atoms with E-state index in [0.29, 0.717) is 10.8 Å². The average Bonchev–Trinajstić information content (AvgIpc) is 3.25. The minimum atomic E-state index is -4.82. The summed E-state index contributed by atoms with van der Waals surface area (Å²) in [6.45, 7) is -0.328. The second-order valence-electron chi connectivity index (χ2n) is 7.47. The largest absolute Gasteiger partial charge is 0.490 e. The topological polar surface area (TPSA) is 206 Å². The normalized spacial score (nSPS) is 23.0. The zero-order valence-electron chi connectivity index (χ0n) is 17.4. The number of imidazole rings is 1. The number of aliphatic hydroxyl groups is 2. The van der Waals surface area contributed by atoms with E-state index in [-0.39, 0.29) is 30.3 Å². The molecule has 0 saturated carbocycles. The van der Waals surface area contributed by atoms with Crippen LogP contribution >= 0.6 is 19.4 Å². The van der Waals surface area contributed by atoms with Crippen LogP contribution in [0.4, 0.5) is 5.95 Å². The summed E-state index contributed by atoms with van der Waals surface area (Å²) in [5.41, 5.74) is 5.30. The Bertz CT molecular complexity index is 1280. The first-order valence-electron chi connectivity index (χ1n) is 9.93. The molecule has 4 rings (SSSR count). The molecule has 7 N–H and O–H groups in total. The molecule has 16 heteroatoms. The summed E-state index contributed by atoms with van der Waals surface area (Å²) in [5.74, 6) is 0.381. The van der Waals surface area contributed by atoms with E-state index in [4.69, 9.17) is 36.6 Å². The Morgan fingerprint density at radius 2 is 1.97 bits per heavy atom. The monoisotopic (exact) mass is 518 g/mol. The summed E-state index contributed by atoms with van der Waals surface area (Å²) in [4.78, 5) is 36.9. The first-order valence-corrected chi connectivity index (χ1v) is 11.8. The van der Waals surface area contributed by atoms with Crippen LogP contribution in [0.25, 0.3) is 11.2 Å². The summed E-state index contributed by atoms with van der Waals surface area (Å²) < 4.78 is 29.5. The number of halogens is 1. The molecule has 184 valence electrons. The lowest BCUT2D eigenvalue weighted by molar-refractivity contribution is -0.746. The second kappa shape index (κ2) is 9.60. The van der Waals surface area contributed by atoms with Gasteiger partial charge in [-0.25, -0.2) is 9.13 Å². The molecule has 1 aromatic carbocycles. The smallest absolute Gasteiger partial charge is 0.469 e. The van der Waals surface area contributed by atoms with Crippen molar-refractivity contribution in [1.29, 1.82) is 0 Å². The van der Waals surface area contributed by atoms with Gasteiger partial charge in [0.15, 0.2) is 6.33 Å². The first kappa shape index (κ1) is 24.6. The van der Waals surface area contributed by atoms with Gasteiger partial charge < -0.3 is 35.2 Å². The number of nitrogens with zero attached hydrogens (tertiary/aromatic N) is 3. The number of nitrogens with two attached hydrogens (primary N) is 1. The van der Waals surface area contributed by atoms with E-state index >= 15 is 0 Å². The molecule has 1 fully saturated rings. The average molecular weight is 519 g/mol. The number of aromatic amines is 1. The van der Waals surface area contributed by atoms with Crippen LogP contribution in [0.3, 0.4) is 0 Å². The van der Waals surface area contributed by atoms with Gasteiger partial charge >= 0.3 is 13.5 Å². The molecule has 0 bridgehead atoms. The Hall–Kier alpha value is -2.55. The van der Waals surface area contributed by atoms with Crippen molar-refractivity contribution in [3.63, 3.8) is 0 Å². The molecule has 3 heterocycles. The number of aliphatic hydroxyl groups excluding tert-OH is 2. The van der Waals surface area contributed by atoms with Crippen molar-refractivity contribution in [2.75, 3.05) is 18.9 Å². The molecule has 0 spiro atoms. The van der Waals surface area contributed by atoms with E-state index in [0.717, 1.165) is 0 Å². The van der Waals surface area contributed by atoms with Crippen LogP contribution in [-0.4, -0.2) is 66.1 Å². The Morgan fingerprint density at radius 3 is 2.65 bits per heavy atom. The number of rotatable bonds is 8. The van der Waals surface area contributed by atoms with Gasteiger partial charge in [-0.1, -0.05) is 16.6 Å². The number of phosphoric acid groups is 1. The van der Waals surface area contributed by atoms with Crippen molar-refractivity contribution in [3.05, 3.63) is 46.0 Å². The number of aromatic nitrogens is 4. The van der Waals surface area contributed by atoms with Gasteiger partial charge in [0.25, 0.3) is 11.5 Å². The van der Waals surface area contributed by atoms with E-state index in [1.54, 1.807) is 24.3 Å². The lowest BCUT2D eigenvalue weighted by Gasteiger charge is -2.14. The highest BCUT2D eigenvalue weighted by atomic mass is 35.5. The molecular formula is C18H22ClN5O9P+. The van der Waals surface area contributed by atoms with Crippen LogP contribution < -0.4 is 20.6 Å². The number of hydrogen-bond acceptors (Lipinski definition) is 9. The van der Waals surface area contributed by atoms with Gasteiger partial charge in [0.2, 0.25) is 11.7 Å². The number of H-pyrrole nitrogens is 1. The fourth-order valence-corrected chi connectivity index (χ4v) is 4.06. The Labute approximate surface area is 196 Å². The molecule has 2 aromatic heterocycles. The maximum Gasteiger partial charge on any atom is 0.469 e. The standard InChI is InChI=1S/C18H21ClN5O9P/c19-9-1-3-10(4-2-9)31-6-5-23-8-24(15-12(23)16(27)22-18(20)21-15)17-14(26)13(25)11(33-17)7-32-34(28,29)30/h1-4,8,11,13-14,17,25-26H,5-7H2,(H4-,20,21,22,27,28,29,30)/p+1/t11-,13-,14-,17?/m1/s1. The molecule has 1 aliphatic heterocycles. The number of anilines is 1. The molecule has 1 aliphatic rings. The fourth-order valence-electron chi connectivity index (χ4n) is 3.59. The summed E-state index contributed by atoms with van der Waals surface area (Å²) in [7, 11) is -4.82. The third kappa shape index (κ3) is 5.24. The minimum Gasteiger partial charge on any atom is -0.490 e. The van der Waals surface area contributed by atoms with Crippen LogP contribution in [0.5, 0.6) is 5.75 Å². The number of fused-ring (bicyclic) bond motifs is 1. The van der Waals surface area contributed by atoms with Gasteiger partial charge in [-0.05, 0) is 24.3 Å². The Morgan fingerprint density at radius 1 is 1.26 bits per heavy atom. The van der Waals surface area contributed by atoms with Gasteiger partial charge in [-0.15, -0.1) is 0 Å². The van der Waals surface area contributed by atoms with Crippen molar-refractivity contribution >= 4 is 36.5 Å². The van der Waals surface area contributed by atoms with Crippen molar-refractivity contribution in [1.82, 2.24) is 14.5 Å². The number of hydrogen-bond donors (Lipinski definition) is 6. The predicted octanol–water partition coefficient (Wildman–Crippen LogP) is -0.945. The van der Waals surface area contributed by atoms with Crippen molar-refractivity contribution in [2.24, 2.45) is 0 Å². The maximum absolute atomic E-state index is 12.6. The number of benzene rings is 1. The quantitative estimate of drug-likeness (QED) is 0.158. The van der Waals surface area contributed by atoms with Gasteiger partial charge in [0.1, 0.15) is 37.2 Å². The Balaban J connectivity index is 1.60. The van der Waals surface area contributed by atoms with Gasteiger partial charge in [-0.2, -0.15) is 0 Å². The van der Waals surface area contributed by atoms with Crippen molar-refractivity contribution < 1.29 is 43.1 Å². The van der Waals surface area contributed by atoms with Crippen LogP contribution in [0.15, 0.2) is 35.4 Å². The van der Waals surface area contributed by atoms with E-state index in [2.05, 4.69) is 14.5 Å². The van der Waals surface area contributed by atoms with Crippen LogP contribution in [0.1, 0.15) is 6.23 Å². The van der Waals surface area contributed by atoms with E-state index in [1.807, 2.05) is 0 Å². The molecule has 1 unspecified atom stereocenters. The lowest BCUT2D eigenvalue weighted by atomic mass is 10.1. The zero-order chi connectivity index (χ0) is 24.6. The zero-order valence-corrected chi connectivity index (χ0v) is 19.0. The SMILES string of the molecule is Nc1nc2c(c(=O)[nH]1)n(CCOc1ccc(Cl)cc1)c[n+]2C1O[C@H](COP(=O)(O)O)[C@@H](O)[C@H]1O. The summed E-state index contributed by atoms with van der Waals surface area (Å²) in [5, 5.41) is 21.4. The van der Waals surface area contributed by atoms with E-state index < -0.39 is 44.5 Å². The molecule has 4 atom stereocenters. The predicted molar refractivity (Wildman–Crippen MR) is 116 cm³/mol. The third-order valence-corrected chi connectivity index (χ3v) is 5.86. The molecule has 0 amide bonds. The molecule has 14 nitrogen and oxygen atoms in total. The number of phosphoric ester groups is 1. The van der Waals surface area contributed by atoms with E-state index in [9.17, 15) is 19.6 Å². The highest BCUT2D eigenvalue weighted by molar-refractivity contribution is 7.46. The second-order valence-corrected chi connectivity index (χ2v) is 9.15. The summed E-state index contributed by atoms with van der Waals surface area (Å²) in [6.07, 6.45) is -4.14.